The van der Waals surface area contributed by atoms with Crippen LogP contribution in [0.25, 0.3) is 0 Å². The maximum absolute atomic E-state index is 12.5. The van der Waals surface area contributed by atoms with Crippen molar-refractivity contribution in [1.29, 1.82) is 0 Å². The zero-order valence-electron chi connectivity index (χ0n) is 15.1. The number of nitrogens with one attached hydrogen (secondary N) is 2. The van der Waals surface area contributed by atoms with E-state index in [-0.39, 0.29) is 35.6 Å². The number of pyridine rings is 1. The van der Waals surface area contributed by atoms with E-state index in [2.05, 4.69) is 15.6 Å². The van der Waals surface area contributed by atoms with Gasteiger partial charge in [0.1, 0.15) is 5.78 Å². The second kappa shape index (κ2) is 8.40. The van der Waals surface area contributed by atoms with E-state index < -0.39 is 0 Å². The fraction of sp³-hybridized carbons (Fsp3) is 0.579. The van der Waals surface area contributed by atoms with Crippen LogP contribution < -0.4 is 10.6 Å². The van der Waals surface area contributed by atoms with E-state index in [9.17, 15) is 14.4 Å². The minimum atomic E-state index is -0.0608. The minimum absolute atomic E-state index is 0.0209. The fourth-order valence-electron chi connectivity index (χ4n) is 3.81. The second-order valence-electron chi connectivity index (χ2n) is 7.23. The first kappa shape index (κ1) is 18.5. The van der Waals surface area contributed by atoms with Crippen molar-refractivity contribution < 1.29 is 14.4 Å². The van der Waals surface area contributed by atoms with Crippen LogP contribution >= 0.6 is 0 Å². The van der Waals surface area contributed by atoms with Crippen LogP contribution in [0.2, 0.25) is 0 Å². The summed E-state index contributed by atoms with van der Waals surface area (Å²) < 4.78 is 0. The Hall–Kier alpha value is -2.28. The van der Waals surface area contributed by atoms with Gasteiger partial charge < -0.3 is 15.5 Å². The number of ketones is 1. The van der Waals surface area contributed by atoms with Crippen molar-refractivity contribution >= 4 is 17.6 Å². The molecule has 0 bridgehead atoms. The van der Waals surface area contributed by atoms with Crippen molar-refractivity contribution in [2.45, 2.75) is 44.7 Å². The molecule has 1 saturated heterocycles. The van der Waals surface area contributed by atoms with Gasteiger partial charge in [0.25, 0.3) is 5.91 Å². The topological polar surface area (TPSA) is 91.4 Å². The molecule has 0 unspecified atom stereocenters. The Balaban J connectivity index is 1.48. The van der Waals surface area contributed by atoms with E-state index in [0.717, 1.165) is 19.3 Å². The van der Waals surface area contributed by atoms with Crippen molar-refractivity contribution in [2.75, 3.05) is 19.6 Å². The monoisotopic (exact) mass is 358 g/mol. The summed E-state index contributed by atoms with van der Waals surface area (Å²) in [7, 11) is 0. The summed E-state index contributed by atoms with van der Waals surface area (Å²) in [6, 6.07) is 3.53. The highest BCUT2D eigenvalue weighted by Crippen LogP contribution is 2.26. The Morgan fingerprint density at radius 1 is 1.35 bits per heavy atom. The molecule has 140 valence electrons. The molecule has 1 aromatic heterocycles. The van der Waals surface area contributed by atoms with Gasteiger partial charge in [-0.3, -0.25) is 19.4 Å². The Labute approximate surface area is 153 Å². The van der Waals surface area contributed by atoms with Gasteiger partial charge in [-0.25, -0.2) is 0 Å². The highest BCUT2D eigenvalue weighted by atomic mass is 16.2. The molecule has 26 heavy (non-hydrogen) atoms. The average molecular weight is 358 g/mol. The highest BCUT2D eigenvalue weighted by molar-refractivity contribution is 5.94. The smallest absolute Gasteiger partial charge is 0.255 e. The summed E-state index contributed by atoms with van der Waals surface area (Å²) in [5, 5.41) is 6.36. The van der Waals surface area contributed by atoms with E-state index in [0.29, 0.717) is 31.6 Å². The van der Waals surface area contributed by atoms with E-state index in [1.165, 1.54) is 0 Å². The summed E-state index contributed by atoms with van der Waals surface area (Å²) in [4.78, 5) is 42.1. The molecule has 0 radical (unpaired) electrons. The van der Waals surface area contributed by atoms with Gasteiger partial charge >= 0.3 is 0 Å². The van der Waals surface area contributed by atoms with Crippen LogP contribution in [0.4, 0.5) is 0 Å². The normalized spacial score (nSPS) is 25.7. The number of amides is 2. The maximum Gasteiger partial charge on any atom is 0.255 e. The summed E-state index contributed by atoms with van der Waals surface area (Å²) in [5.74, 6) is 0.221. The van der Waals surface area contributed by atoms with Crippen molar-refractivity contribution in [3.05, 3.63) is 30.1 Å². The zero-order chi connectivity index (χ0) is 18.5. The third kappa shape index (κ3) is 4.66. The van der Waals surface area contributed by atoms with E-state index in [1.54, 1.807) is 36.4 Å². The molecule has 7 nitrogen and oxygen atoms in total. The third-order valence-corrected chi connectivity index (χ3v) is 5.26. The second-order valence-corrected chi connectivity index (χ2v) is 7.23. The van der Waals surface area contributed by atoms with Crippen LogP contribution in [0.1, 0.15) is 43.0 Å². The summed E-state index contributed by atoms with van der Waals surface area (Å²) >= 11 is 0. The largest absolute Gasteiger partial charge is 0.353 e. The Kier molecular flexibility index (Phi) is 5.98. The first-order chi connectivity index (χ1) is 12.5. The lowest BCUT2D eigenvalue weighted by Crippen LogP contribution is -2.54. The van der Waals surface area contributed by atoms with Crippen LogP contribution in [0, 0.1) is 5.92 Å². The lowest BCUT2D eigenvalue weighted by Gasteiger charge is -2.33. The molecular weight excluding hydrogens is 332 g/mol. The quantitative estimate of drug-likeness (QED) is 0.811. The number of nitrogens with zero attached hydrogens (tertiary/aromatic N) is 2. The SMILES string of the molecule is CC(=O)[C@@H]1CC[C@@H](NC(=O)C[C@H]2CN(C(=O)c3cccnc3)CCN2)C1. The van der Waals surface area contributed by atoms with E-state index in [1.807, 2.05) is 0 Å². The number of Topliss-reactive ketones (excluding diaryl/α,β-unsaturated/α-hetero) is 1. The molecule has 0 spiro atoms. The third-order valence-electron chi connectivity index (χ3n) is 5.26. The van der Waals surface area contributed by atoms with Crippen molar-refractivity contribution in [1.82, 2.24) is 20.5 Å². The average Bonchev–Trinajstić information content (AvgIpc) is 3.10. The van der Waals surface area contributed by atoms with E-state index >= 15 is 0 Å². The molecule has 2 N–H and O–H groups in total. The van der Waals surface area contributed by atoms with Crippen LogP contribution in [0.3, 0.4) is 0 Å². The van der Waals surface area contributed by atoms with Crippen molar-refractivity contribution in [2.24, 2.45) is 5.92 Å². The van der Waals surface area contributed by atoms with Gasteiger partial charge in [0, 0.05) is 56.5 Å². The van der Waals surface area contributed by atoms with Gasteiger partial charge in [-0.2, -0.15) is 0 Å². The summed E-state index contributed by atoms with van der Waals surface area (Å²) in [6.07, 6.45) is 6.00. The molecule has 1 aliphatic heterocycles. The van der Waals surface area contributed by atoms with Crippen molar-refractivity contribution in [3.63, 3.8) is 0 Å². The molecule has 7 heteroatoms. The number of hydrogen-bond acceptors (Lipinski definition) is 5. The fourth-order valence-corrected chi connectivity index (χ4v) is 3.81. The number of carbonyl (C=O) groups excluding carboxylic acids is 3. The lowest BCUT2D eigenvalue weighted by molar-refractivity contribution is -0.123. The van der Waals surface area contributed by atoms with Crippen LogP contribution in [0.15, 0.2) is 24.5 Å². The molecule has 2 aliphatic rings. The van der Waals surface area contributed by atoms with Crippen LogP contribution in [0.5, 0.6) is 0 Å². The van der Waals surface area contributed by atoms with Gasteiger partial charge in [0.05, 0.1) is 5.56 Å². The summed E-state index contributed by atoms with van der Waals surface area (Å²) in [5.41, 5.74) is 0.568. The molecule has 3 atom stereocenters. The Bertz CT molecular complexity index is 664. The number of hydrogen-bond donors (Lipinski definition) is 2. The summed E-state index contributed by atoms with van der Waals surface area (Å²) in [6.45, 7) is 3.41. The molecule has 2 amide bonds. The number of carbonyl (C=O) groups is 3. The molecule has 1 saturated carbocycles. The molecule has 2 fully saturated rings. The molecular formula is C19H26N4O3. The van der Waals surface area contributed by atoms with Crippen molar-refractivity contribution in [3.8, 4) is 0 Å². The Morgan fingerprint density at radius 2 is 2.19 bits per heavy atom. The first-order valence-electron chi connectivity index (χ1n) is 9.25. The predicted octanol–water partition coefficient (Wildman–Crippen LogP) is 0.760. The predicted molar refractivity (Wildman–Crippen MR) is 96.5 cm³/mol. The maximum atomic E-state index is 12.5. The van der Waals surface area contributed by atoms with Gasteiger partial charge in [0.15, 0.2) is 0 Å². The van der Waals surface area contributed by atoms with E-state index in [4.69, 9.17) is 0 Å². The highest BCUT2D eigenvalue weighted by Gasteiger charge is 2.30. The number of rotatable bonds is 5. The lowest BCUT2D eigenvalue weighted by atomic mass is 10.0. The minimum Gasteiger partial charge on any atom is -0.353 e. The molecule has 1 aromatic rings. The molecule has 2 heterocycles. The first-order valence-corrected chi connectivity index (χ1v) is 9.25. The van der Waals surface area contributed by atoms with Crippen LogP contribution in [-0.2, 0) is 9.59 Å². The zero-order valence-corrected chi connectivity index (χ0v) is 15.1. The standard InChI is InChI=1S/C19H26N4O3/c1-13(24)14-4-5-16(9-14)22-18(25)10-17-12-23(8-7-21-17)19(26)15-3-2-6-20-11-15/h2-3,6,11,14,16-17,21H,4-5,7-10,12H2,1H3,(H,22,25)/t14-,16-,17+/m1/s1. The molecule has 0 aromatic carbocycles. The van der Waals surface area contributed by atoms with Gasteiger partial charge in [-0.1, -0.05) is 0 Å². The molecule has 3 rings (SSSR count). The Morgan fingerprint density at radius 3 is 2.88 bits per heavy atom. The van der Waals surface area contributed by atoms with Gasteiger partial charge in [0.2, 0.25) is 5.91 Å². The number of aromatic nitrogens is 1. The van der Waals surface area contributed by atoms with Crippen LogP contribution in [-0.4, -0.2) is 59.2 Å². The van der Waals surface area contributed by atoms with Gasteiger partial charge in [-0.05, 0) is 38.3 Å². The number of piperazine rings is 1. The van der Waals surface area contributed by atoms with Gasteiger partial charge in [-0.15, -0.1) is 0 Å². The molecule has 1 aliphatic carbocycles.